The first kappa shape index (κ1) is 16.3. The van der Waals surface area contributed by atoms with Crippen molar-refractivity contribution in [3.63, 3.8) is 0 Å². The summed E-state index contributed by atoms with van der Waals surface area (Å²) >= 11 is 0. The minimum Gasteiger partial charge on any atom is -0.252 e. The van der Waals surface area contributed by atoms with Gasteiger partial charge in [-0.05, 0) is 31.6 Å². The number of primary sulfonamides is 1. The van der Waals surface area contributed by atoms with Gasteiger partial charge in [-0.3, -0.25) is 4.68 Å². The Bertz CT molecular complexity index is 564. The van der Waals surface area contributed by atoms with E-state index in [1.807, 2.05) is 0 Å². The number of hydrogen-bond acceptors (Lipinski definition) is 4. The third-order valence-corrected chi connectivity index (χ3v) is 4.59. The largest absolute Gasteiger partial charge is 0.252 e. The van der Waals surface area contributed by atoms with Crippen LogP contribution in [0.25, 0.3) is 0 Å². The van der Waals surface area contributed by atoms with E-state index in [1.54, 1.807) is 10.9 Å². The van der Waals surface area contributed by atoms with Gasteiger partial charge in [0.25, 0.3) is 0 Å². The summed E-state index contributed by atoms with van der Waals surface area (Å²) in [6, 6.07) is 0. The minimum absolute atomic E-state index is 0.0619. The zero-order valence-corrected chi connectivity index (χ0v) is 12.5. The van der Waals surface area contributed by atoms with Crippen LogP contribution in [0.2, 0.25) is 0 Å². The van der Waals surface area contributed by atoms with Crippen LogP contribution in [0.5, 0.6) is 0 Å². The van der Waals surface area contributed by atoms with Crippen LogP contribution in [0.4, 0.5) is 8.78 Å². The molecule has 1 fully saturated rings. The highest BCUT2D eigenvalue weighted by Gasteiger charge is 2.34. The molecule has 120 valence electrons. The highest BCUT2D eigenvalue weighted by molar-refractivity contribution is 7.89. The van der Waals surface area contributed by atoms with E-state index in [4.69, 9.17) is 5.14 Å². The van der Waals surface area contributed by atoms with Crippen LogP contribution in [-0.4, -0.2) is 35.1 Å². The quantitative estimate of drug-likeness (QED) is 0.855. The Hall–Kier alpha value is -1.09. The number of halogens is 2. The van der Waals surface area contributed by atoms with Crippen molar-refractivity contribution in [3.05, 3.63) is 11.9 Å². The van der Waals surface area contributed by atoms with Gasteiger partial charge >= 0.3 is 0 Å². The van der Waals surface area contributed by atoms with Crippen molar-refractivity contribution in [1.29, 1.82) is 0 Å². The SMILES string of the molecule is NS(=O)(=O)CCCc1cn(CC2CCC(F)(F)CC2)nn1. The summed E-state index contributed by atoms with van der Waals surface area (Å²) < 4.78 is 49.4. The Labute approximate surface area is 122 Å². The van der Waals surface area contributed by atoms with Crippen LogP contribution in [0.3, 0.4) is 0 Å². The topological polar surface area (TPSA) is 90.9 Å². The van der Waals surface area contributed by atoms with E-state index < -0.39 is 15.9 Å². The molecule has 1 aromatic rings. The lowest BCUT2D eigenvalue weighted by molar-refractivity contribution is -0.0476. The van der Waals surface area contributed by atoms with Crippen LogP contribution >= 0.6 is 0 Å². The predicted octanol–water partition coefficient (Wildman–Crippen LogP) is 1.32. The molecule has 2 rings (SSSR count). The Kier molecular flexibility index (Phi) is 4.92. The van der Waals surface area contributed by atoms with Gasteiger partial charge in [-0.15, -0.1) is 5.10 Å². The highest BCUT2D eigenvalue weighted by Crippen LogP contribution is 2.36. The van der Waals surface area contributed by atoms with Crippen molar-refractivity contribution in [1.82, 2.24) is 15.0 Å². The van der Waals surface area contributed by atoms with E-state index >= 15 is 0 Å². The summed E-state index contributed by atoms with van der Waals surface area (Å²) in [5.41, 5.74) is 0.694. The third-order valence-electron chi connectivity index (χ3n) is 3.73. The van der Waals surface area contributed by atoms with E-state index in [1.165, 1.54) is 0 Å². The maximum atomic E-state index is 13.1. The minimum atomic E-state index is -3.45. The molecule has 0 bridgehead atoms. The summed E-state index contributed by atoms with van der Waals surface area (Å²) in [4.78, 5) is 0. The van der Waals surface area contributed by atoms with Gasteiger partial charge < -0.3 is 0 Å². The molecule has 1 saturated carbocycles. The lowest BCUT2D eigenvalue weighted by atomic mass is 9.87. The molecule has 9 heteroatoms. The zero-order chi connectivity index (χ0) is 15.5. The first-order chi connectivity index (χ1) is 9.73. The standard InChI is InChI=1S/C12H20F2N4O2S/c13-12(14)5-3-10(4-6-12)8-18-9-11(16-17-18)2-1-7-21(15,19)20/h9-10H,1-8H2,(H2,15,19,20). The third kappa shape index (κ3) is 5.66. The Morgan fingerprint density at radius 1 is 1.38 bits per heavy atom. The van der Waals surface area contributed by atoms with Gasteiger partial charge in [0.2, 0.25) is 15.9 Å². The van der Waals surface area contributed by atoms with Gasteiger partial charge in [-0.25, -0.2) is 22.3 Å². The van der Waals surface area contributed by atoms with Crippen molar-refractivity contribution >= 4 is 10.0 Å². The second-order valence-electron chi connectivity index (χ2n) is 5.70. The molecule has 0 aromatic carbocycles. The number of aryl methyl sites for hydroxylation is 1. The summed E-state index contributed by atoms with van der Waals surface area (Å²) in [5, 5.41) is 12.8. The number of alkyl halides is 2. The van der Waals surface area contributed by atoms with Gasteiger partial charge in [-0.2, -0.15) is 0 Å². The van der Waals surface area contributed by atoms with E-state index in [0.29, 0.717) is 37.9 Å². The predicted molar refractivity (Wildman–Crippen MR) is 73.2 cm³/mol. The van der Waals surface area contributed by atoms with E-state index in [0.717, 1.165) is 0 Å². The van der Waals surface area contributed by atoms with Crippen LogP contribution in [0.15, 0.2) is 6.20 Å². The molecule has 2 N–H and O–H groups in total. The number of rotatable bonds is 6. The molecule has 0 saturated heterocycles. The molecule has 1 aliphatic carbocycles. The van der Waals surface area contributed by atoms with Gasteiger partial charge in [0.15, 0.2) is 0 Å². The molecular weight excluding hydrogens is 302 g/mol. The maximum absolute atomic E-state index is 13.1. The lowest BCUT2D eigenvalue weighted by Crippen LogP contribution is -2.26. The Morgan fingerprint density at radius 3 is 2.67 bits per heavy atom. The number of nitrogens with zero attached hydrogens (tertiary/aromatic N) is 3. The molecule has 1 heterocycles. The summed E-state index contributed by atoms with van der Waals surface area (Å²) in [5.74, 6) is -2.40. The number of hydrogen-bond donors (Lipinski definition) is 1. The molecule has 0 amide bonds. The average Bonchev–Trinajstić information content (AvgIpc) is 2.78. The second-order valence-corrected chi connectivity index (χ2v) is 7.44. The first-order valence-electron chi connectivity index (χ1n) is 7.01. The molecule has 0 unspecified atom stereocenters. The van der Waals surface area contributed by atoms with Crippen molar-refractivity contribution in [2.45, 2.75) is 51.0 Å². The van der Waals surface area contributed by atoms with Crippen LogP contribution in [0, 0.1) is 5.92 Å². The van der Waals surface area contributed by atoms with Crippen LogP contribution in [0.1, 0.15) is 37.8 Å². The molecule has 0 radical (unpaired) electrons. The number of sulfonamides is 1. The maximum Gasteiger partial charge on any atom is 0.248 e. The highest BCUT2D eigenvalue weighted by atomic mass is 32.2. The molecular formula is C12H20F2N4O2S. The lowest BCUT2D eigenvalue weighted by Gasteiger charge is -2.27. The van der Waals surface area contributed by atoms with Crippen LogP contribution in [-0.2, 0) is 23.0 Å². The van der Waals surface area contributed by atoms with Gasteiger partial charge in [0, 0.05) is 25.6 Å². The molecule has 6 nitrogen and oxygen atoms in total. The zero-order valence-electron chi connectivity index (χ0n) is 11.7. The second kappa shape index (κ2) is 6.35. The van der Waals surface area contributed by atoms with Crippen molar-refractivity contribution in [3.8, 4) is 0 Å². The Morgan fingerprint density at radius 2 is 2.05 bits per heavy atom. The monoisotopic (exact) mass is 322 g/mol. The van der Waals surface area contributed by atoms with Gasteiger partial charge in [0.05, 0.1) is 11.4 Å². The first-order valence-corrected chi connectivity index (χ1v) is 8.72. The van der Waals surface area contributed by atoms with E-state index in [-0.39, 0.29) is 24.5 Å². The van der Waals surface area contributed by atoms with Gasteiger partial charge in [-0.1, -0.05) is 5.21 Å². The number of aromatic nitrogens is 3. The fourth-order valence-electron chi connectivity index (χ4n) is 2.54. The smallest absolute Gasteiger partial charge is 0.248 e. The number of nitrogens with two attached hydrogens (primary N) is 1. The van der Waals surface area contributed by atoms with Gasteiger partial charge in [0.1, 0.15) is 0 Å². The van der Waals surface area contributed by atoms with E-state index in [2.05, 4.69) is 10.3 Å². The molecule has 0 spiro atoms. The molecule has 21 heavy (non-hydrogen) atoms. The van der Waals surface area contributed by atoms with Crippen LogP contribution < -0.4 is 5.14 Å². The van der Waals surface area contributed by atoms with Crippen molar-refractivity contribution < 1.29 is 17.2 Å². The molecule has 0 atom stereocenters. The van der Waals surface area contributed by atoms with Crippen molar-refractivity contribution in [2.24, 2.45) is 11.1 Å². The van der Waals surface area contributed by atoms with Crippen molar-refractivity contribution in [2.75, 3.05) is 5.75 Å². The molecule has 0 aliphatic heterocycles. The molecule has 1 aromatic heterocycles. The Balaban J connectivity index is 1.78. The summed E-state index contributed by atoms with van der Waals surface area (Å²) in [6.45, 7) is 0.582. The fraction of sp³-hybridized carbons (Fsp3) is 0.833. The average molecular weight is 322 g/mol. The normalized spacial score (nSPS) is 19.8. The molecule has 1 aliphatic rings. The fourth-order valence-corrected chi connectivity index (χ4v) is 3.09. The summed E-state index contributed by atoms with van der Waals surface area (Å²) in [6.07, 6.45) is 3.49. The summed E-state index contributed by atoms with van der Waals surface area (Å²) in [7, 11) is -3.45. The van der Waals surface area contributed by atoms with E-state index in [9.17, 15) is 17.2 Å².